The van der Waals surface area contributed by atoms with Gasteiger partial charge >= 0.3 is 0 Å². The summed E-state index contributed by atoms with van der Waals surface area (Å²) in [5, 5.41) is 2.30. The Kier molecular flexibility index (Phi) is 3.79. The molecular weight excluding hydrogens is 362 g/mol. The molecule has 0 fully saturated rings. The third-order valence-electron chi connectivity index (χ3n) is 4.19. The third-order valence-corrected chi connectivity index (χ3v) is 4.88. The van der Waals surface area contributed by atoms with Crippen molar-refractivity contribution in [2.75, 3.05) is 0 Å². The molecule has 1 aromatic heterocycles. The fourth-order valence-corrected chi connectivity index (χ4v) is 3.49. The molecule has 2 nitrogen and oxygen atoms in total. The van der Waals surface area contributed by atoms with E-state index in [0.717, 1.165) is 26.4 Å². The minimum Gasteiger partial charge on any atom is -0.366 e. The number of carbonyl (C=O) groups excluding carboxylic acids is 1. The van der Waals surface area contributed by atoms with Gasteiger partial charge in [0, 0.05) is 33.6 Å². The molecule has 0 aliphatic carbocycles. The number of nitrogens with one attached hydrogen (secondary N) is 1. The minimum absolute atomic E-state index is 0.00617. The zero-order valence-electron chi connectivity index (χ0n) is 12.8. The monoisotopic (exact) mass is 375 g/mol. The van der Waals surface area contributed by atoms with E-state index in [4.69, 9.17) is 0 Å². The molecule has 3 aromatic carbocycles. The van der Waals surface area contributed by atoms with Crippen LogP contribution in [0.25, 0.3) is 21.9 Å². The summed E-state index contributed by atoms with van der Waals surface area (Å²) in [6, 6.07) is 21.9. The first-order chi connectivity index (χ1) is 11.8. The number of fused-ring (bicyclic) bond motifs is 1. The van der Waals surface area contributed by atoms with E-state index in [0.29, 0.717) is 11.1 Å². The Labute approximate surface area is 148 Å². The number of halogens is 1. The summed E-state index contributed by atoms with van der Waals surface area (Å²) in [7, 11) is 0. The maximum Gasteiger partial charge on any atom is 0.196 e. The molecule has 4 aromatic rings. The van der Waals surface area contributed by atoms with Crippen LogP contribution in [0.4, 0.5) is 0 Å². The number of hydrogen-bond donors (Lipinski definition) is 1. The van der Waals surface area contributed by atoms with Gasteiger partial charge in [-0.05, 0) is 28.5 Å². The fraction of sp³-hybridized carbons (Fsp3) is 0. The first-order valence-corrected chi connectivity index (χ1v) is 8.49. The predicted octanol–water partition coefficient (Wildman–Crippen LogP) is 5.83. The molecule has 1 N–H and O–H groups in total. The topological polar surface area (TPSA) is 32.9 Å². The van der Waals surface area contributed by atoms with Gasteiger partial charge in [-0.25, -0.2) is 0 Å². The zero-order valence-corrected chi connectivity index (χ0v) is 14.4. The fourth-order valence-electron chi connectivity index (χ4n) is 3.03. The van der Waals surface area contributed by atoms with Crippen molar-refractivity contribution in [2.45, 2.75) is 0 Å². The standard InChI is InChI=1S/C21H14BrNO/c22-20-11-4-3-9-17(20)21(24)19-13-23-12-18(19)16-10-5-7-14-6-1-2-8-15(14)16/h1-13,23H. The van der Waals surface area contributed by atoms with Crippen LogP contribution >= 0.6 is 15.9 Å². The number of aromatic nitrogens is 1. The molecule has 0 aliphatic heterocycles. The Morgan fingerprint density at radius 2 is 1.50 bits per heavy atom. The van der Waals surface area contributed by atoms with Gasteiger partial charge in [0.05, 0.1) is 0 Å². The van der Waals surface area contributed by atoms with Crippen molar-refractivity contribution in [3.63, 3.8) is 0 Å². The zero-order chi connectivity index (χ0) is 16.5. The maximum absolute atomic E-state index is 13.0. The molecule has 0 radical (unpaired) electrons. The first kappa shape index (κ1) is 14.9. The van der Waals surface area contributed by atoms with Gasteiger partial charge < -0.3 is 4.98 Å². The van der Waals surface area contributed by atoms with Crippen LogP contribution in [0.2, 0.25) is 0 Å². The van der Waals surface area contributed by atoms with Gasteiger partial charge in [0.2, 0.25) is 0 Å². The highest BCUT2D eigenvalue weighted by Crippen LogP contribution is 2.32. The number of carbonyl (C=O) groups is 1. The number of ketones is 1. The molecule has 4 rings (SSSR count). The average Bonchev–Trinajstić information content (AvgIpc) is 3.10. The summed E-state index contributed by atoms with van der Waals surface area (Å²) in [5.74, 6) is 0.00617. The second-order valence-electron chi connectivity index (χ2n) is 5.62. The Bertz CT molecular complexity index is 1040. The van der Waals surface area contributed by atoms with Crippen molar-refractivity contribution in [1.29, 1.82) is 0 Å². The molecule has 0 saturated carbocycles. The van der Waals surface area contributed by atoms with Crippen molar-refractivity contribution >= 4 is 32.5 Å². The first-order valence-electron chi connectivity index (χ1n) is 7.70. The van der Waals surface area contributed by atoms with Gasteiger partial charge in [-0.3, -0.25) is 4.79 Å². The Morgan fingerprint density at radius 3 is 2.38 bits per heavy atom. The molecule has 24 heavy (non-hydrogen) atoms. The van der Waals surface area contributed by atoms with Crippen molar-refractivity contribution in [1.82, 2.24) is 4.98 Å². The van der Waals surface area contributed by atoms with E-state index in [1.165, 1.54) is 0 Å². The number of rotatable bonds is 3. The van der Waals surface area contributed by atoms with Crippen LogP contribution in [-0.2, 0) is 0 Å². The Morgan fingerprint density at radius 1 is 0.750 bits per heavy atom. The summed E-state index contributed by atoms with van der Waals surface area (Å²) >= 11 is 3.47. The van der Waals surface area contributed by atoms with Crippen molar-refractivity contribution in [3.8, 4) is 11.1 Å². The molecule has 0 unspecified atom stereocenters. The molecule has 116 valence electrons. The lowest BCUT2D eigenvalue weighted by molar-refractivity contribution is 0.103. The molecule has 0 aliphatic rings. The van der Waals surface area contributed by atoms with E-state index in [1.54, 1.807) is 6.20 Å². The highest BCUT2D eigenvalue weighted by atomic mass is 79.9. The van der Waals surface area contributed by atoms with Gasteiger partial charge in [0.1, 0.15) is 0 Å². The van der Waals surface area contributed by atoms with Crippen LogP contribution in [-0.4, -0.2) is 10.8 Å². The van der Waals surface area contributed by atoms with E-state index in [1.807, 2.05) is 48.7 Å². The molecule has 0 amide bonds. The normalized spacial score (nSPS) is 10.9. The maximum atomic E-state index is 13.0. The van der Waals surface area contributed by atoms with Crippen LogP contribution < -0.4 is 0 Å². The third kappa shape index (κ3) is 2.47. The summed E-state index contributed by atoms with van der Waals surface area (Å²) in [4.78, 5) is 16.1. The SMILES string of the molecule is O=C(c1ccccc1Br)c1c[nH]cc1-c1cccc2ccccc12. The molecular formula is C21H14BrNO. The summed E-state index contributed by atoms with van der Waals surface area (Å²) < 4.78 is 0.806. The van der Waals surface area contributed by atoms with E-state index < -0.39 is 0 Å². The van der Waals surface area contributed by atoms with Gasteiger partial charge in [-0.1, -0.05) is 70.5 Å². The smallest absolute Gasteiger partial charge is 0.196 e. The summed E-state index contributed by atoms with van der Waals surface area (Å²) in [6.45, 7) is 0. The predicted molar refractivity (Wildman–Crippen MR) is 101 cm³/mol. The highest BCUT2D eigenvalue weighted by Gasteiger charge is 2.18. The minimum atomic E-state index is 0.00617. The highest BCUT2D eigenvalue weighted by molar-refractivity contribution is 9.10. The second kappa shape index (κ2) is 6.10. The van der Waals surface area contributed by atoms with Crippen molar-refractivity contribution < 1.29 is 4.79 Å². The van der Waals surface area contributed by atoms with E-state index in [-0.39, 0.29) is 5.78 Å². The lowest BCUT2D eigenvalue weighted by Gasteiger charge is -2.08. The summed E-state index contributed by atoms with van der Waals surface area (Å²) in [6.07, 6.45) is 3.67. The van der Waals surface area contributed by atoms with Crippen molar-refractivity contribution in [2.24, 2.45) is 0 Å². The van der Waals surface area contributed by atoms with Crippen LogP contribution in [0.5, 0.6) is 0 Å². The molecule has 0 bridgehead atoms. The molecule has 1 heterocycles. The van der Waals surface area contributed by atoms with Gasteiger partial charge in [0.15, 0.2) is 5.78 Å². The van der Waals surface area contributed by atoms with Gasteiger partial charge in [-0.2, -0.15) is 0 Å². The second-order valence-corrected chi connectivity index (χ2v) is 6.47. The molecule has 3 heteroatoms. The van der Waals surface area contributed by atoms with Crippen LogP contribution in [0.1, 0.15) is 15.9 Å². The molecule has 0 spiro atoms. The van der Waals surface area contributed by atoms with E-state index in [9.17, 15) is 4.79 Å². The number of benzene rings is 3. The number of hydrogen-bond acceptors (Lipinski definition) is 1. The van der Waals surface area contributed by atoms with Gasteiger partial charge in [-0.15, -0.1) is 0 Å². The largest absolute Gasteiger partial charge is 0.366 e. The quantitative estimate of drug-likeness (QED) is 0.449. The lowest BCUT2D eigenvalue weighted by Crippen LogP contribution is -2.02. The van der Waals surface area contributed by atoms with Crippen LogP contribution in [0, 0.1) is 0 Å². The number of H-pyrrole nitrogens is 1. The van der Waals surface area contributed by atoms with E-state index in [2.05, 4.69) is 45.2 Å². The Balaban J connectivity index is 1.89. The molecule has 0 atom stereocenters. The van der Waals surface area contributed by atoms with E-state index >= 15 is 0 Å². The van der Waals surface area contributed by atoms with Gasteiger partial charge in [0.25, 0.3) is 0 Å². The lowest BCUT2D eigenvalue weighted by atomic mass is 9.94. The summed E-state index contributed by atoms with van der Waals surface area (Å²) in [5.41, 5.74) is 3.33. The van der Waals surface area contributed by atoms with Crippen LogP contribution in [0.15, 0.2) is 83.6 Å². The van der Waals surface area contributed by atoms with Crippen molar-refractivity contribution in [3.05, 3.63) is 94.7 Å². The number of aromatic amines is 1. The average molecular weight is 376 g/mol. The molecule has 0 saturated heterocycles. The Hall–Kier alpha value is -2.65. The van der Waals surface area contributed by atoms with Crippen LogP contribution in [0.3, 0.4) is 0 Å².